The third-order valence-corrected chi connectivity index (χ3v) is 7.30. The van der Waals surface area contributed by atoms with Crippen molar-refractivity contribution in [2.24, 2.45) is 0 Å². The Morgan fingerprint density at radius 3 is 2.41 bits per heavy atom. The van der Waals surface area contributed by atoms with Crippen LogP contribution in [0, 0.1) is 17.0 Å². The number of nitrogens with zero attached hydrogens (tertiary/aromatic N) is 3. The zero-order valence-corrected chi connectivity index (χ0v) is 20.7. The Labute approximate surface area is 201 Å². The monoisotopic (exact) mass is 488 g/mol. The second-order valence-corrected chi connectivity index (χ2v) is 10.5. The van der Waals surface area contributed by atoms with Gasteiger partial charge in [0, 0.05) is 25.2 Å². The van der Waals surface area contributed by atoms with E-state index in [0.29, 0.717) is 5.56 Å². The van der Waals surface area contributed by atoms with Crippen LogP contribution in [0.1, 0.15) is 42.9 Å². The summed E-state index contributed by atoms with van der Waals surface area (Å²) in [5, 5.41) is 14.2. The first kappa shape index (κ1) is 25.6. The molecule has 0 spiro atoms. The Morgan fingerprint density at radius 2 is 1.82 bits per heavy atom. The lowest BCUT2D eigenvalue weighted by molar-refractivity contribution is -0.384. The average Bonchev–Trinajstić information content (AvgIpc) is 3.29. The molecule has 1 N–H and O–H groups in total. The quantitative estimate of drug-likeness (QED) is 0.405. The van der Waals surface area contributed by atoms with Crippen molar-refractivity contribution in [3.05, 3.63) is 69.3 Å². The molecule has 0 bridgehead atoms. The first-order valence-corrected chi connectivity index (χ1v) is 13.3. The van der Waals surface area contributed by atoms with E-state index in [1.165, 1.54) is 31.0 Å². The van der Waals surface area contributed by atoms with Gasteiger partial charge in [0.1, 0.15) is 6.04 Å². The number of hydrogen-bond acceptors (Lipinski definition) is 6. The molecule has 3 rings (SSSR count). The van der Waals surface area contributed by atoms with Gasteiger partial charge in [-0.15, -0.1) is 0 Å². The van der Waals surface area contributed by atoms with Crippen LogP contribution in [-0.2, 0) is 27.9 Å². The summed E-state index contributed by atoms with van der Waals surface area (Å²) in [6, 6.07) is 10.9. The van der Waals surface area contributed by atoms with Crippen LogP contribution in [0.5, 0.6) is 0 Å². The molecule has 1 atom stereocenters. The summed E-state index contributed by atoms with van der Waals surface area (Å²) in [6.07, 6.45) is 3.59. The lowest BCUT2D eigenvalue weighted by atomic mass is 10.1. The van der Waals surface area contributed by atoms with Gasteiger partial charge in [-0.3, -0.25) is 24.1 Å². The molecule has 0 aromatic heterocycles. The molecule has 184 valence electrons. The lowest BCUT2D eigenvalue weighted by Gasteiger charge is -2.31. The summed E-state index contributed by atoms with van der Waals surface area (Å²) in [6.45, 7) is 6.58. The number of hydrogen-bond donors (Lipinski definition) is 1. The molecule has 1 aliphatic heterocycles. The van der Waals surface area contributed by atoms with Gasteiger partial charge in [-0.05, 0) is 56.0 Å². The summed E-state index contributed by atoms with van der Waals surface area (Å²) < 4.78 is 26.5. The predicted molar refractivity (Wildman–Crippen MR) is 132 cm³/mol. The fourth-order valence-corrected chi connectivity index (χ4v) is 5.61. The Balaban J connectivity index is 1.84. The van der Waals surface area contributed by atoms with E-state index in [4.69, 9.17) is 0 Å². The second-order valence-electron chi connectivity index (χ2n) is 8.68. The summed E-state index contributed by atoms with van der Waals surface area (Å²) >= 11 is 0. The Kier molecular flexibility index (Phi) is 8.27. The normalized spacial score (nSPS) is 15.1. The molecule has 10 heteroatoms. The van der Waals surface area contributed by atoms with Crippen molar-refractivity contribution in [2.75, 3.05) is 23.7 Å². The minimum Gasteiger partial charge on any atom is -0.350 e. The number of rotatable bonds is 10. The highest BCUT2D eigenvalue weighted by Crippen LogP contribution is 2.30. The van der Waals surface area contributed by atoms with E-state index in [9.17, 15) is 23.3 Å². The van der Waals surface area contributed by atoms with Crippen molar-refractivity contribution >= 4 is 27.3 Å². The van der Waals surface area contributed by atoms with Crippen LogP contribution >= 0.6 is 0 Å². The molecule has 1 fully saturated rings. The van der Waals surface area contributed by atoms with Crippen LogP contribution in [0.4, 0.5) is 11.4 Å². The van der Waals surface area contributed by atoms with Crippen molar-refractivity contribution < 1.29 is 18.1 Å². The lowest BCUT2D eigenvalue weighted by Crippen LogP contribution is -2.49. The number of carbonyl (C=O) groups is 1. The number of aryl methyl sites for hydroxylation is 1. The Hall–Kier alpha value is -2.98. The molecule has 2 aromatic carbocycles. The third-order valence-electron chi connectivity index (χ3n) is 6.13. The van der Waals surface area contributed by atoms with Crippen LogP contribution in [0.15, 0.2) is 42.5 Å². The van der Waals surface area contributed by atoms with Gasteiger partial charge in [-0.1, -0.05) is 37.3 Å². The SMILES string of the molecule is CC[C@H](C(=O)NCc1ccccc1CN1CCCC1)N(c1cc([N+](=O)[O-])ccc1C)S(C)(=O)=O. The number of anilines is 1. The van der Waals surface area contributed by atoms with E-state index < -0.39 is 26.9 Å². The molecule has 0 saturated carbocycles. The fourth-order valence-electron chi connectivity index (χ4n) is 4.35. The molecule has 0 unspecified atom stereocenters. The van der Waals surface area contributed by atoms with Gasteiger partial charge in [-0.2, -0.15) is 0 Å². The zero-order valence-electron chi connectivity index (χ0n) is 19.9. The summed E-state index contributed by atoms with van der Waals surface area (Å²) in [5.41, 5.74) is 2.54. The number of nitro benzene ring substituents is 1. The molecular weight excluding hydrogens is 456 g/mol. The molecule has 2 aromatic rings. The summed E-state index contributed by atoms with van der Waals surface area (Å²) in [4.78, 5) is 26.3. The van der Waals surface area contributed by atoms with Crippen molar-refractivity contribution in [3.8, 4) is 0 Å². The number of sulfonamides is 1. The van der Waals surface area contributed by atoms with Gasteiger partial charge < -0.3 is 5.32 Å². The predicted octanol–water partition coefficient (Wildman–Crippen LogP) is 3.36. The fraction of sp³-hybridized carbons (Fsp3) is 0.458. The Morgan fingerprint density at radius 1 is 1.18 bits per heavy atom. The molecular formula is C24H32N4O5S. The van der Waals surface area contributed by atoms with Gasteiger partial charge >= 0.3 is 0 Å². The number of non-ortho nitro benzene ring substituents is 1. The van der Waals surface area contributed by atoms with E-state index in [1.807, 2.05) is 24.3 Å². The third kappa shape index (κ3) is 6.12. The molecule has 0 aliphatic carbocycles. The minimum atomic E-state index is -3.90. The van der Waals surface area contributed by atoms with Gasteiger partial charge in [0.25, 0.3) is 5.69 Å². The highest BCUT2D eigenvalue weighted by Gasteiger charge is 2.33. The number of likely N-dealkylation sites (tertiary alicyclic amines) is 1. The van der Waals surface area contributed by atoms with Crippen LogP contribution in [0.3, 0.4) is 0 Å². The van der Waals surface area contributed by atoms with Crippen LogP contribution in [0.2, 0.25) is 0 Å². The maximum Gasteiger partial charge on any atom is 0.271 e. The number of carbonyl (C=O) groups excluding carboxylic acids is 1. The smallest absolute Gasteiger partial charge is 0.271 e. The standard InChI is InChI=1S/C24H32N4O5S/c1-4-22(27(34(3,32)33)23-15-21(28(30)31)12-11-18(23)2)24(29)25-16-19-9-5-6-10-20(19)17-26-13-7-8-14-26/h5-6,9-12,15,22H,4,7-8,13-14,16-17H2,1-3H3,(H,25,29)/t22-/m1/s1. The van der Waals surface area contributed by atoms with Gasteiger partial charge in [0.15, 0.2) is 0 Å². The largest absolute Gasteiger partial charge is 0.350 e. The zero-order chi connectivity index (χ0) is 24.9. The highest BCUT2D eigenvalue weighted by atomic mass is 32.2. The highest BCUT2D eigenvalue weighted by molar-refractivity contribution is 7.92. The first-order valence-electron chi connectivity index (χ1n) is 11.4. The van der Waals surface area contributed by atoms with Crippen molar-refractivity contribution in [1.82, 2.24) is 10.2 Å². The maximum absolute atomic E-state index is 13.2. The second kappa shape index (κ2) is 11.0. The molecule has 9 nitrogen and oxygen atoms in total. The van der Waals surface area contributed by atoms with Crippen molar-refractivity contribution in [1.29, 1.82) is 0 Å². The summed E-state index contributed by atoms with van der Waals surface area (Å²) in [7, 11) is -3.90. The van der Waals surface area contributed by atoms with E-state index in [0.717, 1.165) is 41.3 Å². The van der Waals surface area contributed by atoms with E-state index in [-0.39, 0.29) is 24.3 Å². The number of nitrogens with one attached hydrogen (secondary N) is 1. The van der Waals surface area contributed by atoms with Crippen LogP contribution in [-0.4, -0.2) is 49.5 Å². The minimum absolute atomic E-state index is 0.133. The molecule has 0 radical (unpaired) electrons. The van der Waals surface area contributed by atoms with Crippen LogP contribution < -0.4 is 9.62 Å². The number of nitro groups is 1. The molecule has 1 saturated heterocycles. The first-order chi connectivity index (χ1) is 16.1. The van der Waals surface area contributed by atoms with Gasteiger partial charge in [-0.25, -0.2) is 8.42 Å². The average molecular weight is 489 g/mol. The van der Waals surface area contributed by atoms with E-state index >= 15 is 0 Å². The molecule has 1 heterocycles. The van der Waals surface area contributed by atoms with Gasteiger partial charge in [0.05, 0.1) is 16.9 Å². The van der Waals surface area contributed by atoms with E-state index in [2.05, 4.69) is 10.2 Å². The van der Waals surface area contributed by atoms with Crippen molar-refractivity contribution in [3.63, 3.8) is 0 Å². The molecule has 1 aliphatic rings. The molecule has 34 heavy (non-hydrogen) atoms. The van der Waals surface area contributed by atoms with Crippen molar-refractivity contribution in [2.45, 2.75) is 52.2 Å². The molecule has 1 amide bonds. The van der Waals surface area contributed by atoms with E-state index in [1.54, 1.807) is 13.8 Å². The van der Waals surface area contributed by atoms with Crippen LogP contribution in [0.25, 0.3) is 0 Å². The number of benzene rings is 2. The number of amides is 1. The van der Waals surface area contributed by atoms with Gasteiger partial charge in [0.2, 0.25) is 15.9 Å². The topological polar surface area (TPSA) is 113 Å². The Bertz CT molecular complexity index is 1150. The maximum atomic E-state index is 13.2. The summed E-state index contributed by atoms with van der Waals surface area (Å²) in [5.74, 6) is -0.449.